The molecule has 16 nitrogen and oxygen atoms in total. The van der Waals surface area contributed by atoms with E-state index in [0.29, 0.717) is 23.8 Å². The van der Waals surface area contributed by atoms with Crippen LogP contribution < -0.4 is 21.3 Å². The van der Waals surface area contributed by atoms with Crippen molar-refractivity contribution in [1.29, 1.82) is 0 Å². The van der Waals surface area contributed by atoms with Crippen molar-refractivity contribution in [2.24, 2.45) is 20.0 Å². The van der Waals surface area contributed by atoms with Gasteiger partial charge in [0.25, 0.3) is 11.8 Å². The number of hydrogen-bond acceptors (Lipinski definition) is 12. The number of ketones is 1. The van der Waals surface area contributed by atoms with E-state index in [-0.39, 0.29) is 98.9 Å². The van der Waals surface area contributed by atoms with Crippen molar-refractivity contribution in [1.82, 2.24) is 39.5 Å². The van der Waals surface area contributed by atoms with Gasteiger partial charge in [-0.2, -0.15) is 36.5 Å². The Bertz CT molecular complexity index is 2620. The van der Waals surface area contributed by atoms with Gasteiger partial charge in [0.15, 0.2) is 5.78 Å². The van der Waals surface area contributed by atoms with E-state index in [2.05, 4.69) is 57.8 Å². The molecule has 66 heavy (non-hydrogen) atoms. The van der Waals surface area contributed by atoms with Crippen LogP contribution in [0, 0.1) is 12.3 Å². The van der Waals surface area contributed by atoms with E-state index >= 15 is 0 Å². The smallest absolute Gasteiger partial charge is 1.00 e. The number of nitrogens with one attached hydrogen (secondary N) is 4. The van der Waals surface area contributed by atoms with E-state index in [1.165, 1.54) is 79.6 Å². The second-order valence-corrected chi connectivity index (χ2v) is 14.8. The summed E-state index contributed by atoms with van der Waals surface area (Å²) < 4.78 is 78.7. The van der Waals surface area contributed by atoms with Crippen LogP contribution in [0.15, 0.2) is 85.7 Å². The Morgan fingerprint density at radius 1 is 0.697 bits per heavy atom. The number of rotatable bonds is 11. The van der Waals surface area contributed by atoms with Gasteiger partial charge in [-0.1, -0.05) is 0 Å². The molecule has 24 heteroatoms. The van der Waals surface area contributed by atoms with Crippen molar-refractivity contribution in [3.05, 3.63) is 126 Å². The number of aromatic nitrogens is 8. The third-order valence-corrected chi connectivity index (χ3v) is 9.59. The Balaban J connectivity index is 0.000000321. The zero-order valence-corrected chi connectivity index (χ0v) is 38.8. The molecule has 2 aliphatic carbocycles. The molecule has 2 fully saturated rings. The van der Waals surface area contributed by atoms with Gasteiger partial charge in [0.2, 0.25) is 0 Å². The topological polar surface area (TPSA) is 207 Å². The monoisotopic (exact) mass is 996 g/mol. The predicted molar refractivity (Wildman–Crippen MR) is 239 cm³/mol. The van der Waals surface area contributed by atoms with E-state index in [0.717, 1.165) is 31.0 Å². The van der Waals surface area contributed by atoms with Gasteiger partial charge in [-0.25, -0.2) is 32.8 Å². The van der Waals surface area contributed by atoms with Gasteiger partial charge in [-0.15, -0.1) is 17.0 Å². The SMILES string of the molecule is Br.CC(=O)c1c(NC(=O)c2ccnc(Nc3ccc(C(F)(F)F)cn3)c2)cnn1C.Cn1ncc(NC(=O)c2ccnc(Nc3ccc(C(F)(F)F)cn3)c2)c1C(C)(O)C1CC1.[CH-]1CC1.[H-].[Mg+2]. The number of amides is 2. The summed E-state index contributed by atoms with van der Waals surface area (Å²) in [4.78, 5) is 52.6. The number of alkyl halides is 6. The molecule has 5 N–H and O–H groups in total. The molecule has 2 amide bonds. The fourth-order valence-corrected chi connectivity index (χ4v) is 6.12. The number of Topliss-reactive ketones (excluding diaryl/α,β-unsaturated/α-hetero) is 1. The molecule has 1 unspecified atom stereocenters. The van der Waals surface area contributed by atoms with Crippen LogP contribution in [0.3, 0.4) is 0 Å². The van der Waals surface area contributed by atoms with Crippen LogP contribution in [0.2, 0.25) is 0 Å². The first-order valence-corrected chi connectivity index (χ1v) is 19.5. The van der Waals surface area contributed by atoms with Gasteiger partial charge in [0.1, 0.15) is 34.6 Å². The number of pyridine rings is 4. The summed E-state index contributed by atoms with van der Waals surface area (Å²) >= 11 is 0. The quantitative estimate of drug-likeness (QED) is 0.0358. The van der Waals surface area contributed by atoms with Crippen molar-refractivity contribution in [2.75, 3.05) is 21.3 Å². The van der Waals surface area contributed by atoms with E-state index < -0.39 is 40.9 Å². The van der Waals surface area contributed by atoms with Crippen molar-refractivity contribution < 1.29 is 47.3 Å². The molecule has 6 aromatic rings. The zero-order valence-electron chi connectivity index (χ0n) is 36.7. The maximum atomic E-state index is 12.8. The minimum Gasteiger partial charge on any atom is -1.00 e. The Labute approximate surface area is 401 Å². The van der Waals surface area contributed by atoms with Crippen LogP contribution in [0.1, 0.15) is 89.0 Å². The van der Waals surface area contributed by atoms with Gasteiger partial charge >= 0.3 is 35.4 Å². The molecule has 0 saturated heterocycles. The van der Waals surface area contributed by atoms with Gasteiger partial charge in [0, 0.05) is 56.9 Å². The molecule has 6 aromatic heterocycles. The molecular formula is C42H43BrF6MgN12O4. The van der Waals surface area contributed by atoms with Crippen LogP contribution in [-0.2, 0) is 32.0 Å². The van der Waals surface area contributed by atoms with E-state index in [1.54, 1.807) is 25.7 Å². The summed E-state index contributed by atoms with van der Waals surface area (Å²) in [6.07, 6.45) is 4.87. The zero-order chi connectivity index (χ0) is 46.4. The molecule has 2 aliphatic rings. The second-order valence-electron chi connectivity index (χ2n) is 14.8. The summed E-state index contributed by atoms with van der Waals surface area (Å²) in [7, 11) is 3.28. The number of anilines is 6. The van der Waals surface area contributed by atoms with Gasteiger partial charge in [0.05, 0.1) is 40.6 Å². The second kappa shape index (κ2) is 22.0. The van der Waals surface area contributed by atoms with Crippen LogP contribution in [-0.4, -0.2) is 85.3 Å². The molecule has 0 bridgehead atoms. The maximum absolute atomic E-state index is 12.8. The molecular weight excluding hydrogens is 955 g/mol. The minimum atomic E-state index is -4.48. The first kappa shape index (κ1) is 52.6. The molecule has 0 aromatic carbocycles. The Morgan fingerprint density at radius 2 is 1.14 bits per heavy atom. The fourth-order valence-electron chi connectivity index (χ4n) is 6.12. The van der Waals surface area contributed by atoms with Crippen LogP contribution in [0.25, 0.3) is 0 Å². The number of carbonyl (C=O) groups excluding carboxylic acids is 3. The average molecular weight is 998 g/mol. The summed E-state index contributed by atoms with van der Waals surface area (Å²) in [5.41, 5.74) is -0.934. The maximum Gasteiger partial charge on any atom is 2.00 e. The summed E-state index contributed by atoms with van der Waals surface area (Å²) in [5, 5.41) is 29.9. The van der Waals surface area contributed by atoms with E-state index in [1.807, 2.05) is 0 Å². The average Bonchev–Trinajstić information content (AvgIpc) is 4.18. The Kier molecular flexibility index (Phi) is 17.5. The van der Waals surface area contributed by atoms with E-state index in [9.17, 15) is 45.8 Å². The Morgan fingerprint density at radius 3 is 1.53 bits per heavy atom. The first-order chi connectivity index (χ1) is 30.2. The molecule has 8 rings (SSSR count). The van der Waals surface area contributed by atoms with Crippen molar-refractivity contribution in [2.45, 2.75) is 57.5 Å². The van der Waals surface area contributed by atoms with E-state index in [4.69, 9.17) is 0 Å². The summed E-state index contributed by atoms with van der Waals surface area (Å²) in [6, 6.07) is 9.92. The van der Waals surface area contributed by atoms with Crippen molar-refractivity contribution in [3.8, 4) is 0 Å². The summed E-state index contributed by atoms with van der Waals surface area (Å²) in [6.45, 7) is 3.07. The molecule has 2 saturated carbocycles. The van der Waals surface area contributed by atoms with Crippen molar-refractivity contribution >= 4 is 92.3 Å². The van der Waals surface area contributed by atoms with Gasteiger partial charge in [-0.05, 0) is 74.2 Å². The fraction of sp³-hybridized carbons (Fsp3) is 0.286. The molecule has 0 radical (unpaired) electrons. The number of nitrogens with zero attached hydrogens (tertiary/aromatic N) is 8. The van der Waals surface area contributed by atoms with Crippen LogP contribution >= 0.6 is 17.0 Å². The molecule has 346 valence electrons. The third kappa shape index (κ3) is 14.0. The number of halogens is 7. The minimum absolute atomic E-state index is 0. The molecule has 0 spiro atoms. The normalized spacial score (nSPS) is 13.7. The van der Waals surface area contributed by atoms with Gasteiger partial charge < -0.3 is 34.2 Å². The Hall–Kier alpha value is -5.98. The number of carbonyl (C=O) groups is 3. The predicted octanol–water partition coefficient (Wildman–Crippen LogP) is 8.56. The largest absolute Gasteiger partial charge is 2.00 e. The van der Waals surface area contributed by atoms with Crippen LogP contribution in [0.4, 0.5) is 61.0 Å². The standard InChI is InChI=1S/C21H21F3N6O2.C18H15F3N6O2.C3H5.BrH.Mg.H/c1-20(32,13-3-4-13)18-15(11-27-30(18)2)28-19(31)12-7-8-25-17(9-12)29-16-6-5-14(10-26-16)21(22,23)24;1-10(28)16-13(9-24-27(16)2)25-17(29)11-5-6-22-15(7-11)26-14-4-3-12(8-23-14)18(19,20)21;1-2-3-1;;;/h5-11,13,32H,3-4H2,1-2H3,(H,28,31)(H,25,26,29);3-9H,1-2H3,(H,25,29)(H,22,23,26);1H,2-3H2;1H;;/q;;-1;;+2;-1. The van der Waals surface area contributed by atoms with Gasteiger partial charge in [-0.3, -0.25) is 23.7 Å². The molecule has 1 atom stereocenters. The molecule has 0 aliphatic heterocycles. The number of hydrogen-bond donors (Lipinski definition) is 5. The summed E-state index contributed by atoms with van der Waals surface area (Å²) in [5.74, 6) is -0.369. The van der Waals surface area contributed by atoms with Crippen molar-refractivity contribution in [3.63, 3.8) is 0 Å². The first-order valence-electron chi connectivity index (χ1n) is 19.5. The molecule has 6 heterocycles. The van der Waals surface area contributed by atoms with Crippen LogP contribution in [0.5, 0.6) is 0 Å². The number of aryl methyl sites for hydroxylation is 2. The third-order valence-electron chi connectivity index (χ3n) is 9.59. The number of aliphatic hydroxyl groups is 1.